The molecule has 1 aliphatic rings. The minimum Gasteiger partial charge on any atom is -0.480 e. The fourth-order valence-corrected chi connectivity index (χ4v) is 6.00. The van der Waals surface area contributed by atoms with Gasteiger partial charge in [0, 0.05) is 23.6 Å². The molecule has 1 fully saturated rings. The first kappa shape index (κ1) is 20.5. The first-order valence-corrected chi connectivity index (χ1v) is 11.8. The Morgan fingerprint density at radius 2 is 1.70 bits per heavy atom. The van der Waals surface area contributed by atoms with Gasteiger partial charge in [0.15, 0.2) is 0 Å². The molecule has 2 aromatic carbocycles. The lowest BCUT2D eigenvalue weighted by atomic mass is 10.1. The SMILES string of the molecule is O=C(O)[C@H]1CSCCN1S(=O)(=O)c1ccc(Oc2ccc(-c3ccoc3)cc2)cc1. The molecular weight excluding hydrogens is 426 g/mol. The molecule has 3 aromatic rings. The Morgan fingerprint density at radius 3 is 2.30 bits per heavy atom. The number of nitrogens with zero attached hydrogens (tertiary/aromatic N) is 1. The molecule has 0 bridgehead atoms. The number of benzene rings is 2. The molecule has 0 amide bonds. The molecule has 1 aromatic heterocycles. The largest absolute Gasteiger partial charge is 0.480 e. The van der Waals surface area contributed by atoms with Crippen LogP contribution in [0.5, 0.6) is 11.5 Å². The van der Waals surface area contributed by atoms with Crippen LogP contribution in [0.3, 0.4) is 0 Å². The molecule has 30 heavy (non-hydrogen) atoms. The number of carboxylic acids is 1. The Bertz CT molecular complexity index is 1110. The zero-order valence-electron chi connectivity index (χ0n) is 15.8. The number of aliphatic carboxylic acids is 1. The molecule has 1 saturated heterocycles. The molecule has 0 spiro atoms. The van der Waals surface area contributed by atoms with E-state index in [0.29, 0.717) is 17.3 Å². The van der Waals surface area contributed by atoms with Gasteiger partial charge in [-0.05, 0) is 48.0 Å². The van der Waals surface area contributed by atoms with E-state index in [-0.39, 0.29) is 17.2 Å². The van der Waals surface area contributed by atoms with Crippen LogP contribution in [0.15, 0.2) is 76.4 Å². The molecule has 0 unspecified atom stereocenters. The maximum absolute atomic E-state index is 12.9. The Balaban J connectivity index is 1.49. The summed E-state index contributed by atoms with van der Waals surface area (Å²) in [6, 6.07) is 14.2. The van der Waals surface area contributed by atoms with E-state index in [1.165, 1.54) is 23.9 Å². The van der Waals surface area contributed by atoms with E-state index in [4.69, 9.17) is 9.15 Å². The van der Waals surface area contributed by atoms with Crippen LogP contribution in [-0.2, 0) is 14.8 Å². The smallest absolute Gasteiger partial charge is 0.322 e. The van der Waals surface area contributed by atoms with E-state index < -0.39 is 22.0 Å². The van der Waals surface area contributed by atoms with E-state index in [1.807, 2.05) is 30.3 Å². The molecule has 7 nitrogen and oxygen atoms in total. The molecule has 2 heterocycles. The molecule has 0 radical (unpaired) electrons. The normalized spacial score (nSPS) is 17.5. The van der Waals surface area contributed by atoms with Gasteiger partial charge in [-0.25, -0.2) is 8.42 Å². The van der Waals surface area contributed by atoms with Crippen molar-refractivity contribution in [3.63, 3.8) is 0 Å². The molecule has 1 aliphatic heterocycles. The summed E-state index contributed by atoms with van der Waals surface area (Å²) in [5, 5.41) is 9.36. The minimum atomic E-state index is -3.90. The standard InChI is InChI=1S/C21H19NO6S2/c23-21(24)20-14-29-12-10-22(20)30(25,26)19-7-5-18(6-8-19)28-17-3-1-15(2-4-17)16-9-11-27-13-16/h1-9,11,13,20H,10,12,14H2,(H,23,24)/t20-/m1/s1. The number of hydrogen-bond donors (Lipinski definition) is 1. The van der Waals surface area contributed by atoms with Crippen molar-refractivity contribution in [1.29, 1.82) is 0 Å². The second-order valence-electron chi connectivity index (χ2n) is 6.65. The molecule has 9 heteroatoms. The highest BCUT2D eigenvalue weighted by Crippen LogP contribution is 2.29. The van der Waals surface area contributed by atoms with Crippen LogP contribution >= 0.6 is 11.8 Å². The average Bonchev–Trinajstić information content (AvgIpc) is 3.29. The van der Waals surface area contributed by atoms with E-state index in [9.17, 15) is 18.3 Å². The number of rotatable bonds is 6. The summed E-state index contributed by atoms with van der Waals surface area (Å²) in [5.41, 5.74) is 1.96. The van der Waals surface area contributed by atoms with Crippen LogP contribution in [0.1, 0.15) is 0 Å². The van der Waals surface area contributed by atoms with Gasteiger partial charge in [-0.15, -0.1) is 0 Å². The van der Waals surface area contributed by atoms with Gasteiger partial charge >= 0.3 is 5.97 Å². The molecule has 1 N–H and O–H groups in total. The molecular formula is C21H19NO6S2. The first-order chi connectivity index (χ1) is 14.4. The van der Waals surface area contributed by atoms with Crippen molar-refractivity contribution in [2.75, 3.05) is 18.1 Å². The van der Waals surface area contributed by atoms with Gasteiger partial charge in [0.2, 0.25) is 10.0 Å². The summed E-state index contributed by atoms with van der Waals surface area (Å²) in [4.78, 5) is 11.5. The first-order valence-electron chi connectivity index (χ1n) is 9.18. The van der Waals surface area contributed by atoms with Gasteiger partial charge in [0.05, 0.1) is 17.4 Å². The lowest BCUT2D eigenvalue weighted by Crippen LogP contribution is -2.50. The van der Waals surface area contributed by atoms with Gasteiger partial charge in [-0.3, -0.25) is 4.79 Å². The quantitative estimate of drug-likeness (QED) is 0.614. The number of hydrogen-bond acceptors (Lipinski definition) is 6. The second kappa shape index (κ2) is 8.55. The monoisotopic (exact) mass is 445 g/mol. The highest BCUT2D eigenvalue weighted by Gasteiger charge is 2.37. The number of furan rings is 1. The number of carbonyl (C=O) groups is 1. The molecule has 156 valence electrons. The summed E-state index contributed by atoms with van der Waals surface area (Å²) in [5.74, 6) is 0.763. The van der Waals surface area contributed by atoms with Crippen LogP contribution in [0.4, 0.5) is 0 Å². The number of ether oxygens (including phenoxy) is 1. The number of thioether (sulfide) groups is 1. The van der Waals surface area contributed by atoms with E-state index in [1.54, 1.807) is 24.7 Å². The van der Waals surface area contributed by atoms with E-state index in [0.717, 1.165) is 15.4 Å². The third kappa shape index (κ3) is 4.23. The van der Waals surface area contributed by atoms with Crippen LogP contribution in [0.25, 0.3) is 11.1 Å². The molecule has 4 rings (SSSR count). The fraction of sp³-hybridized carbons (Fsp3) is 0.190. The number of carboxylic acid groups (broad SMARTS) is 1. The van der Waals surface area contributed by atoms with Crippen molar-refractivity contribution in [3.05, 3.63) is 67.1 Å². The Kier molecular flexibility index (Phi) is 5.85. The third-order valence-corrected chi connectivity index (χ3v) is 7.68. The highest BCUT2D eigenvalue weighted by atomic mass is 32.2. The van der Waals surface area contributed by atoms with Crippen molar-refractivity contribution in [2.45, 2.75) is 10.9 Å². The number of sulfonamides is 1. The van der Waals surface area contributed by atoms with Crippen LogP contribution in [0.2, 0.25) is 0 Å². The van der Waals surface area contributed by atoms with Gasteiger partial charge in [0.25, 0.3) is 0 Å². The van der Waals surface area contributed by atoms with Crippen molar-refractivity contribution < 1.29 is 27.5 Å². The Morgan fingerprint density at radius 1 is 1.03 bits per heavy atom. The van der Waals surface area contributed by atoms with Crippen LogP contribution < -0.4 is 4.74 Å². The zero-order chi connectivity index (χ0) is 21.1. The Labute approximate surface area is 178 Å². The maximum atomic E-state index is 12.9. The third-order valence-electron chi connectivity index (χ3n) is 4.74. The summed E-state index contributed by atoms with van der Waals surface area (Å²) in [6.45, 7) is 0.172. The summed E-state index contributed by atoms with van der Waals surface area (Å²) >= 11 is 1.44. The van der Waals surface area contributed by atoms with Crippen LogP contribution in [-0.4, -0.2) is 47.9 Å². The zero-order valence-corrected chi connectivity index (χ0v) is 17.4. The minimum absolute atomic E-state index is 0.0447. The van der Waals surface area contributed by atoms with Gasteiger partial charge in [-0.2, -0.15) is 16.1 Å². The van der Waals surface area contributed by atoms with Crippen molar-refractivity contribution in [2.24, 2.45) is 0 Å². The van der Waals surface area contributed by atoms with Crippen molar-refractivity contribution >= 4 is 27.8 Å². The summed E-state index contributed by atoms with van der Waals surface area (Å²) in [6.07, 6.45) is 3.27. The topological polar surface area (TPSA) is 97.1 Å². The van der Waals surface area contributed by atoms with E-state index >= 15 is 0 Å². The van der Waals surface area contributed by atoms with Gasteiger partial charge in [0.1, 0.15) is 17.5 Å². The van der Waals surface area contributed by atoms with Crippen molar-refractivity contribution in [3.8, 4) is 22.6 Å². The predicted molar refractivity (Wildman–Crippen MR) is 113 cm³/mol. The summed E-state index contributed by atoms with van der Waals surface area (Å²) < 4.78 is 37.8. The summed E-state index contributed by atoms with van der Waals surface area (Å²) in [7, 11) is -3.90. The molecule has 1 atom stereocenters. The average molecular weight is 446 g/mol. The van der Waals surface area contributed by atoms with Gasteiger partial charge < -0.3 is 14.3 Å². The lowest BCUT2D eigenvalue weighted by Gasteiger charge is -2.31. The van der Waals surface area contributed by atoms with Crippen molar-refractivity contribution in [1.82, 2.24) is 4.31 Å². The highest BCUT2D eigenvalue weighted by molar-refractivity contribution is 7.99. The maximum Gasteiger partial charge on any atom is 0.322 e. The predicted octanol–water partition coefficient (Wildman–Crippen LogP) is 3.93. The van der Waals surface area contributed by atoms with E-state index in [2.05, 4.69) is 0 Å². The van der Waals surface area contributed by atoms with Gasteiger partial charge in [-0.1, -0.05) is 12.1 Å². The Hall–Kier alpha value is -2.75. The lowest BCUT2D eigenvalue weighted by molar-refractivity contribution is -0.140. The molecule has 0 aliphatic carbocycles. The van der Waals surface area contributed by atoms with Crippen LogP contribution in [0, 0.1) is 0 Å². The fourth-order valence-electron chi connectivity index (χ4n) is 3.17. The second-order valence-corrected chi connectivity index (χ2v) is 9.69. The molecule has 0 saturated carbocycles.